The minimum atomic E-state index is -2.13. The summed E-state index contributed by atoms with van der Waals surface area (Å²) >= 11 is 0. The molecule has 0 saturated carbocycles. The average molecular weight is 385 g/mol. The van der Waals surface area contributed by atoms with Crippen molar-refractivity contribution >= 4 is 27.9 Å². The molecule has 4 heteroatoms. The maximum atomic E-state index is 5.16. The molecule has 0 fully saturated rings. The first kappa shape index (κ1) is 24.2. The van der Waals surface area contributed by atoms with E-state index in [9.17, 15) is 0 Å². The van der Waals surface area contributed by atoms with Gasteiger partial charge in [-0.3, -0.25) is 0 Å². The van der Waals surface area contributed by atoms with Gasteiger partial charge in [0.2, 0.25) is 0 Å². The van der Waals surface area contributed by atoms with Crippen LogP contribution in [0.1, 0.15) is 55.4 Å². The van der Waals surface area contributed by atoms with E-state index in [-0.39, 0.29) is 0 Å². The summed E-state index contributed by atoms with van der Waals surface area (Å²) in [5.41, 5.74) is 15.5. The molecule has 0 aromatic heterocycles. The van der Waals surface area contributed by atoms with Gasteiger partial charge in [-0.25, -0.2) is 0 Å². The Labute approximate surface area is 163 Å². The Morgan fingerprint density at radius 1 is 0.462 bits per heavy atom. The molecule has 0 rings (SSSR count). The highest BCUT2D eigenvalue weighted by molar-refractivity contribution is 6.94. The second-order valence-corrected chi connectivity index (χ2v) is 12.2. The molecular formula is C22H36N2Si2. The van der Waals surface area contributed by atoms with Crippen molar-refractivity contribution in [3.63, 3.8) is 0 Å². The Hall–Kier alpha value is -1.79. The van der Waals surface area contributed by atoms with Crippen molar-refractivity contribution in [2.45, 2.75) is 55.4 Å². The van der Waals surface area contributed by atoms with Crippen LogP contribution in [-0.2, 0) is 0 Å². The van der Waals surface area contributed by atoms with Gasteiger partial charge in [-0.2, -0.15) is 0 Å². The van der Waals surface area contributed by atoms with E-state index in [1.54, 1.807) is 0 Å². The molecule has 2 nitrogen and oxygen atoms in total. The molecule has 0 unspecified atom stereocenters. The Kier molecular flexibility index (Phi) is 11.7. The van der Waals surface area contributed by atoms with E-state index in [1.807, 2.05) is 0 Å². The number of nitrogens with zero attached hydrogens (tertiary/aromatic N) is 2. The van der Waals surface area contributed by atoms with Gasteiger partial charge < -0.3 is 9.32 Å². The molecule has 0 saturated heterocycles. The first-order valence-electron chi connectivity index (χ1n) is 9.34. The van der Waals surface area contributed by atoms with E-state index >= 15 is 0 Å². The van der Waals surface area contributed by atoms with Crippen LogP contribution in [0.15, 0.2) is 80.0 Å². The smallest absolute Gasteiger partial charge is 0.251 e. The van der Waals surface area contributed by atoms with Crippen LogP contribution in [0.4, 0.5) is 0 Å². The Morgan fingerprint density at radius 3 is 0.808 bits per heavy atom. The molecule has 0 amide bonds. The van der Waals surface area contributed by atoms with Gasteiger partial charge >= 0.3 is 0 Å². The molecule has 0 aromatic carbocycles. The number of allylic oxidation sites excluding steroid dienone is 6. The van der Waals surface area contributed by atoms with Crippen LogP contribution in [0.25, 0.3) is 0 Å². The summed E-state index contributed by atoms with van der Waals surface area (Å²) in [6.07, 6.45) is 12.6. The van der Waals surface area contributed by atoms with E-state index in [0.717, 1.165) is 11.4 Å². The van der Waals surface area contributed by atoms with Crippen LogP contribution in [0.3, 0.4) is 0 Å². The van der Waals surface area contributed by atoms with Gasteiger partial charge in [0.05, 0.1) is 0 Å². The first-order valence-corrected chi connectivity index (χ1v) is 13.7. The summed E-state index contributed by atoms with van der Waals surface area (Å²) in [5.74, 6) is 0. The van der Waals surface area contributed by atoms with Crippen molar-refractivity contribution in [2.24, 2.45) is 9.32 Å². The summed E-state index contributed by atoms with van der Waals surface area (Å²) in [6.45, 7) is 16.5. The zero-order chi connectivity index (χ0) is 20.1. The molecule has 0 aliphatic heterocycles. The normalized spacial score (nSPS) is 19.7. The fourth-order valence-corrected chi connectivity index (χ4v) is 8.70. The molecule has 0 aliphatic rings. The lowest BCUT2D eigenvalue weighted by Crippen LogP contribution is -2.31. The Balaban J connectivity index is 6.33. The van der Waals surface area contributed by atoms with Crippen LogP contribution in [0, 0.1) is 0 Å². The predicted octanol–water partition coefficient (Wildman–Crippen LogP) is 6.49. The van der Waals surface area contributed by atoms with Crippen molar-refractivity contribution in [2.75, 3.05) is 0 Å². The standard InChI is InChI=1S/C22H36N2Si2/c1-9-15-25(16-10-2,17-11-3)23-21(7)22(8)24-26(18-12-4,19-13-5)20-14-6/h9-20H,1-8H3. The van der Waals surface area contributed by atoms with E-state index < -0.39 is 16.5 Å². The molecule has 0 N–H and O–H groups in total. The topological polar surface area (TPSA) is 24.7 Å². The third-order valence-corrected chi connectivity index (χ3v) is 10.5. The number of hydrogen-bond acceptors (Lipinski definition) is 2. The summed E-state index contributed by atoms with van der Waals surface area (Å²) in [6, 6.07) is 0. The average Bonchev–Trinajstić information content (AvgIpc) is 2.56. The van der Waals surface area contributed by atoms with Gasteiger partial charge in [-0.15, -0.1) is 0 Å². The highest BCUT2D eigenvalue weighted by atomic mass is 28.3. The molecule has 0 spiro atoms. The third-order valence-electron chi connectivity index (χ3n) is 3.85. The highest BCUT2D eigenvalue weighted by Crippen LogP contribution is 2.16. The van der Waals surface area contributed by atoms with Crippen molar-refractivity contribution in [3.8, 4) is 0 Å². The summed E-state index contributed by atoms with van der Waals surface area (Å²) in [4.78, 5) is 0. The van der Waals surface area contributed by atoms with Gasteiger partial charge in [-0.05, 0) is 55.4 Å². The van der Waals surface area contributed by atoms with Gasteiger partial charge in [0.25, 0.3) is 16.5 Å². The molecule has 0 heterocycles. The van der Waals surface area contributed by atoms with E-state index in [4.69, 9.17) is 9.32 Å². The second kappa shape index (κ2) is 12.5. The van der Waals surface area contributed by atoms with Crippen molar-refractivity contribution in [1.82, 2.24) is 0 Å². The maximum Gasteiger partial charge on any atom is 0.251 e. The molecule has 0 aromatic rings. The van der Waals surface area contributed by atoms with Crippen LogP contribution < -0.4 is 0 Å². The Bertz CT molecular complexity index is 539. The Morgan fingerprint density at radius 2 is 0.654 bits per heavy atom. The molecule has 0 bridgehead atoms. The van der Waals surface area contributed by atoms with Gasteiger partial charge in [0.15, 0.2) is 0 Å². The second-order valence-electron chi connectivity index (χ2n) is 6.17. The molecule has 0 atom stereocenters. The molecule has 26 heavy (non-hydrogen) atoms. The molecule has 0 radical (unpaired) electrons. The number of rotatable bonds is 9. The monoisotopic (exact) mass is 384 g/mol. The zero-order valence-electron chi connectivity index (χ0n) is 17.8. The van der Waals surface area contributed by atoms with Crippen molar-refractivity contribution in [1.29, 1.82) is 0 Å². The molecule has 0 aliphatic carbocycles. The lowest BCUT2D eigenvalue weighted by atomic mass is 10.3. The minimum absolute atomic E-state index is 1.02. The lowest BCUT2D eigenvalue weighted by Gasteiger charge is -2.20. The summed E-state index contributed by atoms with van der Waals surface area (Å²) in [7, 11) is -4.25. The van der Waals surface area contributed by atoms with Crippen LogP contribution in [-0.4, -0.2) is 27.9 Å². The molecular weight excluding hydrogens is 348 g/mol. The van der Waals surface area contributed by atoms with Gasteiger partial charge in [0.1, 0.15) is 0 Å². The number of hydrogen-bond donors (Lipinski definition) is 0. The van der Waals surface area contributed by atoms with Crippen molar-refractivity contribution < 1.29 is 0 Å². The van der Waals surface area contributed by atoms with Gasteiger partial charge in [0, 0.05) is 11.4 Å². The van der Waals surface area contributed by atoms with Crippen LogP contribution >= 0.6 is 0 Å². The van der Waals surface area contributed by atoms with E-state index in [1.165, 1.54) is 0 Å². The SMILES string of the molecule is CC=C[Si](C=CC)(C=CC)N=C(C)C(C)=N[Si](C=CC)(C=CC)C=CC. The first-order chi connectivity index (χ1) is 12.4. The summed E-state index contributed by atoms with van der Waals surface area (Å²) < 4.78 is 10.3. The summed E-state index contributed by atoms with van der Waals surface area (Å²) in [5, 5.41) is 0. The minimum Gasteiger partial charge on any atom is -0.309 e. The third kappa shape index (κ3) is 7.62. The lowest BCUT2D eigenvalue weighted by molar-refractivity contribution is 1.57. The van der Waals surface area contributed by atoms with E-state index in [0.29, 0.717) is 0 Å². The van der Waals surface area contributed by atoms with Crippen LogP contribution in [0.5, 0.6) is 0 Å². The quantitative estimate of drug-likeness (QED) is 0.320. The van der Waals surface area contributed by atoms with E-state index in [2.05, 4.69) is 126 Å². The fourth-order valence-electron chi connectivity index (χ4n) is 2.90. The zero-order valence-corrected chi connectivity index (χ0v) is 19.8. The predicted molar refractivity (Wildman–Crippen MR) is 127 cm³/mol. The highest BCUT2D eigenvalue weighted by Gasteiger charge is 2.26. The largest absolute Gasteiger partial charge is 0.309 e. The van der Waals surface area contributed by atoms with Crippen molar-refractivity contribution in [3.05, 3.63) is 70.7 Å². The maximum absolute atomic E-state index is 5.16. The molecule has 142 valence electrons. The fraction of sp³-hybridized carbons (Fsp3) is 0.364. The van der Waals surface area contributed by atoms with Crippen LogP contribution in [0.2, 0.25) is 0 Å². The van der Waals surface area contributed by atoms with Gasteiger partial charge in [-0.1, -0.05) is 70.7 Å².